The molecule has 0 aromatic heterocycles. The summed E-state index contributed by atoms with van der Waals surface area (Å²) >= 11 is 0. The standard InChI is InChI=1S/C3H8N2O2.H2O/c1-3(4,5)2(6)7;/h4-5H2,1H3,(H,6,7);1H2. The fourth-order valence-electron chi connectivity index (χ4n) is 0. The van der Waals surface area contributed by atoms with Crippen molar-refractivity contribution in [3.05, 3.63) is 0 Å². The third-order valence-corrected chi connectivity index (χ3v) is 0.461. The lowest BCUT2D eigenvalue weighted by molar-refractivity contribution is -0.142. The highest BCUT2D eigenvalue weighted by Crippen LogP contribution is 1.82. The second-order valence-electron chi connectivity index (χ2n) is 1.59. The molecule has 7 N–H and O–H groups in total. The molecule has 0 amide bonds. The minimum absolute atomic E-state index is 0. The number of nitrogens with two attached hydrogens (primary N) is 2. The van der Waals surface area contributed by atoms with Gasteiger partial charge in [-0.15, -0.1) is 0 Å². The number of rotatable bonds is 1. The lowest BCUT2D eigenvalue weighted by Gasteiger charge is -2.09. The van der Waals surface area contributed by atoms with E-state index in [1.54, 1.807) is 0 Å². The van der Waals surface area contributed by atoms with Crippen molar-refractivity contribution in [1.82, 2.24) is 0 Å². The molecule has 5 heteroatoms. The first kappa shape index (κ1) is 10.4. The molecular weight excluding hydrogens is 112 g/mol. The highest BCUT2D eigenvalue weighted by molar-refractivity contribution is 5.76. The SMILES string of the molecule is CC(N)(N)C(=O)O.O. The lowest BCUT2D eigenvalue weighted by Crippen LogP contribution is -2.53. The third kappa shape index (κ3) is 3.54. The highest BCUT2D eigenvalue weighted by Gasteiger charge is 2.20. The molecule has 0 radical (unpaired) electrons. The minimum atomic E-state index is -1.58. The molecule has 0 saturated carbocycles. The molecule has 0 bridgehead atoms. The van der Waals surface area contributed by atoms with E-state index in [1.165, 1.54) is 6.92 Å². The maximum absolute atomic E-state index is 9.77. The number of hydrogen-bond acceptors (Lipinski definition) is 3. The van der Waals surface area contributed by atoms with Gasteiger partial charge in [0.1, 0.15) is 0 Å². The van der Waals surface area contributed by atoms with Gasteiger partial charge in [-0.1, -0.05) is 0 Å². The first-order valence-electron chi connectivity index (χ1n) is 1.76. The van der Waals surface area contributed by atoms with Gasteiger partial charge in [0.2, 0.25) is 0 Å². The van der Waals surface area contributed by atoms with Gasteiger partial charge < -0.3 is 22.1 Å². The molecule has 0 aromatic carbocycles. The van der Waals surface area contributed by atoms with Gasteiger partial charge in [0, 0.05) is 0 Å². The molecule has 50 valence electrons. The summed E-state index contributed by atoms with van der Waals surface area (Å²) in [4.78, 5) is 9.77. The smallest absolute Gasteiger partial charge is 0.338 e. The van der Waals surface area contributed by atoms with Crippen LogP contribution in [-0.2, 0) is 4.79 Å². The number of carboxylic acids is 1. The van der Waals surface area contributed by atoms with Crippen LogP contribution in [0.1, 0.15) is 6.92 Å². The summed E-state index contributed by atoms with van der Waals surface area (Å²) < 4.78 is 0. The lowest BCUT2D eigenvalue weighted by atomic mass is 10.2. The molecule has 5 nitrogen and oxygen atoms in total. The van der Waals surface area contributed by atoms with E-state index in [1.807, 2.05) is 0 Å². The molecule has 0 aliphatic heterocycles. The summed E-state index contributed by atoms with van der Waals surface area (Å²) in [6, 6.07) is 0. The second-order valence-corrected chi connectivity index (χ2v) is 1.59. The van der Waals surface area contributed by atoms with Crippen LogP contribution in [0.25, 0.3) is 0 Å². The van der Waals surface area contributed by atoms with Crippen molar-refractivity contribution in [3.63, 3.8) is 0 Å². The Hall–Kier alpha value is -0.650. The Bertz CT molecular complexity index is 85.0. The predicted octanol–water partition coefficient (Wildman–Crippen LogP) is -2.12. The van der Waals surface area contributed by atoms with E-state index in [0.29, 0.717) is 0 Å². The molecule has 0 spiro atoms. The number of carboxylic acid groups (broad SMARTS) is 1. The molecule has 0 heterocycles. The maximum atomic E-state index is 9.77. The Morgan fingerprint density at radius 2 is 1.75 bits per heavy atom. The molecule has 0 fully saturated rings. The minimum Gasteiger partial charge on any atom is -0.479 e. The summed E-state index contributed by atoms with van der Waals surface area (Å²) in [6.45, 7) is 1.22. The molecule has 0 rings (SSSR count). The molecule has 0 unspecified atom stereocenters. The van der Waals surface area contributed by atoms with E-state index < -0.39 is 11.6 Å². The van der Waals surface area contributed by atoms with Gasteiger partial charge in [0.25, 0.3) is 0 Å². The van der Waals surface area contributed by atoms with Crippen molar-refractivity contribution >= 4 is 5.97 Å². The fourth-order valence-corrected chi connectivity index (χ4v) is 0. The van der Waals surface area contributed by atoms with E-state index in [2.05, 4.69) is 0 Å². The van der Waals surface area contributed by atoms with E-state index in [4.69, 9.17) is 16.6 Å². The fraction of sp³-hybridized carbons (Fsp3) is 0.667. The number of hydrogen-bond donors (Lipinski definition) is 3. The summed E-state index contributed by atoms with van der Waals surface area (Å²) in [5.41, 5.74) is 8.13. The second kappa shape index (κ2) is 2.61. The predicted molar refractivity (Wildman–Crippen MR) is 28.0 cm³/mol. The van der Waals surface area contributed by atoms with Gasteiger partial charge in [-0.2, -0.15) is 0 Å². The Morgan fingerprint density at radius 1 is 1.62 bits per heavy atom. The Morgan fingerprint density at radius 3 is 1.75 bits per heavy atom. The van der Waals surface area contributed by atoms with Crippen LogP contribution in [-0.4, -0.2) is 22.2 Å². The van der Waals surface area contributed by atoms with E-state index in [0.717, 1.165) is 0 Å². The van der Waals surface area contributed by atoms with Gasteiger partial charge in [-0.3, -0.25) is 0 Å². The van der Waals surface area contributed by atoms with Crippen LogP contribution in [0.5, 0.6) is 0 Å². The first-order valence-corrected chi connectivity index (χ1v) is 1.76. The van der Waals surface area contributed by atoms with Crippen molar-refractivity contribution in [2.45, 2.75) is 12.6 Å². The van der Waals surface area contributed by atoms with E-state index in [9.17, 15) is 4.79 Å². The zero-order valence-electron chi connectivity index (χ0n) is 4.51. The van der Waals surface area contributed by atoms with Gasteiger partial charge in [-0.05, 0) is 6.92 Å². The van der Waals surface area contributed by atoms with Gasteiger partial charge in [0.15, 0.2) is 5.66 Å². The third-order valence-electron chi connectivity index (χ3n) is 0.461. The molecule has 0 aliphatic rings. The summed E-state index contributed by atoms with van der Waals surface area (Å²) in [7, 11) is 0. The van der Waals surface area contributed by atoms with Gasteiger partial charge >= 0.3 is 5.97 Å². The van der Waals surface area contributed by atoms with Crippen molar-refractivity contribution in [2.24, 2.45) is 11.5 Å². The molecule has 0 aromatic rings. The average molecular weight is 122 g/mol. The monoisotopic (exact) mass is 122 g/mol. The van der Waals surface area contributed by atoms with Crippen molar-refractivity contribution in [3.8, 4) is 0 Å². The Labute approximate surface area is 46.6 Å². The zero-order valence-corrected chi connectivity index (χ0v) is 4.51. The molecular formula is C3H10N2O3. The maximum Gasteiger partial charge on any atom is 0.338 e. The van der Waals surface area contributed by atoms with Crippen LogP contribution in [0.4, 0.5) is 0 Å². The zero-order chi connectivity index (χ0) is 6.08. The van der Waals surface area contributed by atoms with Crippen molar-refractivity contribution in [2.75, 3.05) is 0 Å². The summed E-state index contributed by atoms with van der Waals surface area (Å²) in [5.74, 6) is -1.20. The van der Waals surface area contributed by atoms with Crippen LogP contribution < -0.4 is 11.5 Å². The van der Waals surface area contributed by atoms with Crippen LogP contribution in [0, 0.1) is 0 Å². The van der Waals surface area contributed by atoms with Gasteiger partial charge in [-0.25, -0.2) is 4.79 Å². The van der Waals surface area contributed by atoms with E-state index in [-0.39, 0.29) is 5.48 Å². The highest BCUT2D eigenvalue weighted by atomic mass is 16.4. The Kier molecular flexibility index (Phi) is 3.37. The van der Waals surface area contributed by atoms with E-state index >= 15 is 0 Å². The number of aliphatic carboxylic acids is 1. The van der Waals surface area contributed by atoms with Crippen LogP contribution in [0.15, 0.2) is 0 Å². The van der Waals surface area contributed by atoms with Crippen LogP contribution in [0.2, 0.25) is 0 Å². The molecule has 0 saturated heterocycles. The van der Waals surface area contributed by atoms with Crippen molar-refractivity contribution in [1.29, 1.82) is 0 Å². The quantitative estimate of drug-likeness (QED) is 0.344. The van der Waals surface area contributed by atoms with Crippen molar-refractivity contribution < 1.29 is 15.4 Å². The normalized spacial score (nSPS) is 9.88. The van der Waals surface area contributed by atoms with Crippen LogP contribution >= 0.6 is 0 Å². The molecule has 0 atom stereocenters. The van der Waals surface area contributed by atoms with Gasteiger partial charge in [0.05, 0.1) is 0 Å². The summed E-state index contributed by atoms with van der Waals surface area (Å²) in [6.07, 6.45) is 0. The largest absolute Gasteiger partial charge is 0.479 e. The summed E-state index contributed by atoms with van der Waals surface area (Å²) in [5, 5.41) is 8.00. The topological polar surface area (TPSA) is 121 Å². The molecule has 0 aliphatic carbocycles. The molecule has 8 heavy (non-hydrogen) atoms. The van der Waals surface area contributed by atoms with Crippen LogP contribution in [0.3, 0.4) is 0 Å². The number of carbonyl (C=O) groups is 1. The first-order chi connectivity index (χ1) is 2.94. The average Bonchev–Trinajstić information content (AvgIpc) is 1.31. The Balaban J connectivity index is 0.